The van der Waals surface area contributed by atoms with E-state index in [1.807, 2.05) is 0 Å². The minimum absolute atomic E-state index is 0.0988. The molecule has 136 valence electrons. The highest BCUT2D eigenvalue weighted by molar-refractivity contribution is 6.36. The second-order valence-electron chi connectivity index (χ2n) is 5.32. The second kappa shape index (κ2) is 9.27. The Balaban J connectivity index is 2.11. The van der Waals surface area contributed by atoms with Crippen LogP contribution in [0.25, 0.3) is 6.08 Å². The zero-order chi connectivity index (χ0) is 19.1. The third-order valence-corrected chi connectivity index (χ3v) is 3.89. The van der Waals surface area contributed by atoms with E-state index in [9.17, 15) is 9.59 Å². The van der Waals surface area contributed by atoms with Crippen molar-refractivity contribution in [1.82, 2.24) is 0 Å². The average molecular weight is 393 g/mol. The summed E-state index contributed by atoms with van der Waals surface area (Å²) < 4.78 is 5.23. The topological polar surface area (TPSA) is 67.4 Å². The van der Waals surface area contributed by atoms with Crippen LogP contribution < -0.4 is 15.4 Å². The molecular formula is C19H18Cl2N2O3. The average Bonchev–Trinajstić information content (AvgIpc) is 2.59. The molecule has 0 aliphatic rings. The van der Waals surface area contributed by atoms with Crippen LogP contribution in [-0.4, -0.2) is 18.9 Å². The van der Waals surface area contributed by atoms with E-state index in [4.69, 9.17) is 27.9 Å². The molecule has 0 spiro atoms. The van der Waals surface area contributed by atoms with E-state index in [1.54, 1.807) is 49.4 Å². The van der Waals surface area contributed by atoms with Crippen LogP contribution in [0.4, 0.5) is 11.4 Å². The molecule has 5 nitrogen and oxygen atoms in total. The molecule has 26 heavy (non-hydrogen) atoms. The first-order valence-electron chi connectivity index (χ1n) is 7.85. The van der Waals surface area contributed by atoms with Gasteiger partial charge < -0.3 is 15.4 Å². The van der Waals surface area contributed by atoms with Crippen LogP contribution in [0.3, 0.4) is 0 Å². The van der Waals surface area contributed by atoms with E-state index in [-0.39, 0.29) is 11.8 Å². The minimum atomic E-state index is -0.345. The lowest BCUT2D eigenvalue weighted by Crippen LogP contribution is -2.11. The fourth-order valence-corrected chi connectivity index (χ4v) is 2.78. The molecule has 2 aromatic carbocycles. The first kappa shape index (κ1) is 19.8. The van der Waals surface area contributed by atoms with Crippen molar-refractivity contribution in [2.24, 2.45) is 0 Å². The van der Waals surface area contributed by atoms with Crippen molar-refractivity contribution >= 4 is 52.5 Å². The SMILES string of the molecule is CCC(=O)Nc1cccc(NC(=O)/C=C/c2cc(Cl)cc(Cl)c2OC)c1. The van der Waals surface area contributed by atoms with E-state index >= 15 is 0 Å². The first-order valence-corrected chi connectivity index (χ1v) is 8.60. The van der Waals surface area contributed by atoms with Crippen LogP contribution >= 0.6 is 23.2 Å². The molecule has 0 aromatic heterocycles. The van der Waals surface area contributed by atoms with Crippen LogP contribution in [0.2, 0.25) is 10.0 Å². The molecule has 0 bridgehead atoms. The summed E-state index contributed by atoms with van der Waals surface area (Å²) in [5, 5.41) is 6.26. The molecule has 0 unspecified atom stereocenters. The van der Waals surface area contributed by atoms with E-state index < -0.39 is 0 Å². The summed E-state index contributed by atoms with van der Waals surface area (Å²) in [6.07, 6.45) is 3.29. The van der Waals surface area contributed by atoms with Gasteiger partial charge in [0.05, 0.1) is 12.1 Å². The van der Waals surface area contributed by atoms with Gasteiger partial charge in [-0.1, -0.05) is 36.2 Å². The summed E-state index contributed by atoms with van der Waals surface area (Å²) >= 11 is 12.1. The fraction of sp³-hybridized carbons (Fsp3) is 0.158. The van der Waals surface area contributed by atoms with Crippen molar-refractivity contribution in [2.75, 3.05) is 17.7 Å². The second-order valence-corrected chi connectivity index (χ2v) is 6.16. The van der Waals surface area contributed by atoms with Gasteiger partial charge in [0.1, 0.15) is 5.75 Å². The number of methoxy groups -OCH3 is 1. The molecule has 0 heterocycles. The van der Waals surface area contributed by atoms with Gasteiger partial charge in [0.25, 0.3) is 0 Å². The van der Waals surface area contributed by atoms with Gasteiger partial charge in [-0.3, -0.25) is 9.59 Å². The summed E-state index contributed by atoms with van der Waals surface area (Å²) in [7, 11) is 1.49. The van der Waals surface area contributed by atoms with Crippen LogP contribution in [-0.2, 0) is 9.59 Å². The summed E-state index contributed by atoms with van der Waals surface area (Å²) in [5.41, 5.74) is 1.76. The summed E-state index contributed by atoms with van der Waals surface area (Å²) in [4.78, 5) is 23.6. The largest absolute Gasteiger partial charge is 0.495 e. The molecule has 2 aromatic rings. The number of benzene rings is 2. The van der Waals surface area contributed by atoms with E-state index in [0.717, 1.165) is 0 Å². The van der Waals surface area contributed by atoms with Crippen LogP contribution in [0.15, 0.2) is 42.5 Å². The number of rotatable bonds is 6. The Morgan fingerprint density at radius 1 is 1.12 bits per heavy atom. The quantitative estimate of drug-likeness (QED) is 0.679. The Morgan fingerprint density at radius 3 is 2.46 bits per heavy atom. The van der Waals surface area contributed by atoms with Crippen LogP contribution in [0.1, 0.15) is 18.9 Å². The monoisotopic (exact) mass is 392 g/mol. The molecule has 0 saturated carbocycles. The predicted octanol–water partition coefficient (Wildman–Crippen LogP) is 5.00. The maximum Gasteiger partial charge on any atom is 0.248 e. The van der Waals surface area contributed by atoms with Gasteiger partial charge in [-0.15, -0.1) is 0 Å². The number of hydrogen-bond acceptors (Lipinski definition) is 3. The number of halogens is 2. The van der Waals surface area contributed by atoms with Crippen molar-refractivity contribution in [3.63, 3.8) is 0 Å². The summed E-state index contributed by atoms with van der Waals surface area (Å²) in [6.45, 7) is 1.77. The van der Waals surface area contributed by atoms with Gasteiger partial charge in [-0.25, -0.2) is 0 Å². The molecule has 7 heteroatoms. The summed E-state index contributed by atoms with van der Waals surface area (Å²) in [6, 6.07) is 10.1. The van der Waals surface area contributed by atoms with E-state index in [0.29, 0.717) is 39.2 Å². The number of carbonyl (C=O) groups is 2. The van der Waals surface area contributed by atoms with Gasteiger partial charge in [0.2, 0.25) is 11.8 Å². The molecule has 0 atom stereocenters. The Bertz CT molecular complexity index is 851. The molecule has 0 saturated heterocycles. The van der Waals surface area contributed by atoms with Gasteiger partial charge in [0.15, 0.2) is 0 Å². The van der Waals surface area contributed by atoms with E-state index in [2.05, 4.69) is 10.6 Å². The lowest BCUT2D eigenvalue weighted by Gasteiger charge is -2.08. The molecule has 0 fully saturated rings. The fourth-order valence-electron chi connectivity index (χ4n) is 2.19. The zero-order valence-corrected chi connectivity index (χ0v) is 15.8. The first-order chi connectivity index (χ1) is 12.4. The molecule has 2 amide bonds. The number of carbonyl (C=O) groups excluding carboxylic acids is 2. The Hall–Kier alpha value is -2.50. The molecule has 0 aliphatic heterocycles. The van der Waals surface area contributed by atoms with Crippen molar-refractivity contribution < 1.29 is 14.3 Å². The number of nitrogens with one attached hydrogen (secondary N) is 2. The number of hydrogen-bond donors (Lipinski definition) is 2. The Kier molecular flexibility index (Phi) is 7.06. The minimum Gasteiger partial charge on any atom is -0.495 e. The number of ether oxygens (including phenoxy) is 1. The lowest BCUT2D eigenvalue weighted by molar-refractivity contribution is -0.116. The smallest absolute Gasteiger partial charge is 0.248 e. The van der Waals surface area contributed by atoms with Gasteiger partial charge in [-0.2, -0.15) is 0 Å². The highest BCUT2D eigenvalue weighted by atomic mass is 35.5. The molecule has 2 N–H and O–H groups in total. The van der Waals surface area contributed by atoms with Crippen molar-refractivity contribution in [1.29, 1.82) is 0 Å². The van der Waals surface area contributed by atoms with Crippen LogP contribution in [0.5, 0.6) is 5.75 Å². The summed E-state index contributed by atoms with van der Waals surface area (Å²) in [5.74, 6) is -0.00943. The standard InChI is InChI=1S/C19H18Cl2N2O3/c1-3-17(24)22-14-5-4-6-15(11-14)23-18(25)8-7-12-9-13(20)10-16(21)19(12)26-2/h4-11H,3H2,1-2H3,(H,22,24)(H,23,25)/b8-7+. The lowest BCUT2D eigenvalue weighted by atomic mass is 10.2. The highest BCUT2D eigenvalue weighted by Gasteiger charge is 2.08. The van der Waals surface area contributed by atoms with Crippen molar-refractivity contribution in [3.05, 3.63) is 58.1 Å². The van der Waals surface area contributed by atoms with Gasteiger partial charge >= 0.3 is 0 Å². The molecule has 2 rings (SSSR count). The Labute approximate surface area is 161 Å². The van der Waals surface area contributed by atoms with Crippen LogP contribution in [0, 0.1) is 0 Å². The van der Waals surface area contributed by atoms with Crippen molar-refractivity contribution in [2.45, 2.75) is 13.3 Å². The third kappa shape index (κ3) is 5.51. The normalized spacial score (nSPS) is 10.6. The van der Waals surface area contributed by atoms with E-state index in [1.165, 1.54) is 13.2 Å². The zero-order valence-electron chi connectivity index (χ0n) is 14.3. The van der Waals surface area contributed by atoms with Crippen molar-refractivity contribution in [3.8, 4) is 5.75 Å². The van der Waals surface area contributed by atoms with Gasteiger partial charge in [-0.05, 0) is 36.4 Å². The predicted molar refractivity (Wildman–Crippen MR) is 106 cm³/mol. The van der Waals surface area contributed by atoms with Gasteiger partial charge in [0, 0.05) is 34.5 Å². The maximum atomic E-state index is 12.2. The molecule has 0 aliphatic carbocycles. The maximum absolute atomic E-state index is 12.2. The number of anilines is 2. The molecular weight excluding hydrogens is 375 g/mol. The number of amides is 2. The third-order valence-electron chi connectivity index (χ3n) is 3.39. The Morgan fingerprint density at radius 2 is 1.81 bits per heavy atom. The molecule has 0 radical (unpaired) electrons. The highest BCUT2D eigenvalue weighted by Crippen LogP contribution is 2.33.